The van der Waals surface area contributed by atoms with Crippen LogP contribution in [0.2, 0.25) is 0 Å². The minimum absolute atomic E-state index is 0.428. The van der Waals surface area contributed by atoms with Crippen LogP contribution in [0, 0.1) is 5.92 Å². The minimum Gasteiger partial charge on any atom is -0.386 e. The summed E-state index contributed by atoms with van der Waals surface area (Å²) < 4.78 is 5.17. The van der Waals surface area contributed by atoms with Gasteiger partial charge < -0.3 is 25.8 Å². The van der Waals surface area contributed by atoms with Gasteiger partial charge in [-0.2, -0.15) is 0 Å². The third-order valence-corrected chi connectivity index (χ3v) is 3.42. The number of hydrogen-bond donors (Lipinski definition) is 3. The lowest BCUT2D eigenvalue weighted by Gasteiger charge is -2.31. The van der Waals surface area contributed by atoms with Crippen molar-refractivity contribution in [2.24, 2.45) is 17.4 Å². The van der Waals surface area contributed by atoms with Crippen LogP contribution in [0.3, 0.4) is 0 Å². The Morgan fingerprint density at radius 1 is 1.47 bits per heavy atom. The molecule has 2 unspecified atom stereocenters. The molecule has 0 aromatic carbocycles. The maximum absolute atomic E-state index is 9.02. The number of rotatable bonds is 6. The zero-order chi connectivity index (χ0) is 14.7. The second-order valence-electron chi connectivity index (χ2n) is 4.52. The Morgan fingerprint density at radius 2 is 2.16 bits per heavy atom. The summed E-state index contributed by atoms with van der Waals surface area (Å²) in [6.07, 6.45) is 5.28. The normalized spacial score (nSPS) is 21.2. The lowest BCUT2D eigenvalue weighted by Crippen LogP contribution is -2.36. The van der Waals surface area contributed by atoms with E-state index in [0.29, 0.717) is 18.3 Å². The Kier molecular flexibility index (Phi) is 11.3. The van der Waals surface area contributed by atoms with Crippen molar-refractivity contribution >= 4 is 8.38 Å². The maximum atomic E-state index is 9.02. The third kappa shape index (κ3) is 10.1. The van der Waals surface area contributed by atoms with Crippen LogP contribution in [0.4, 0.5) is 0 Å². The highest BCUT2D eigenvalue weighted by atomic mass is 31.2. The molecule has 0 radical (unpaired) electrons. The summed E-state index contributed by atoms with van der Waals surface area (Å²) in [6.45, 7) is 9.50. The summed E-state index contributed by atoms with van der Waals surface area (Å²) in [4.78, 5) is 11.4. The van der Waals surface area contributed by atoms with Gasteiger partial charge in [0.1, 0.15) is 0 Å². The van der Waals surface area contributed by atoms with E-state index in [0.717, 1.165) is 26.1 Å². The average Bonchev–Trinajstić information content (AvgIpc) is 2.36. The van der Waals surface area contributed by atoms with Crippen LogP contribution in [0.25, 0.3) is 0 Å². The lowest BCUT2D eigenvalue weighted by atomic mass is 9.97. The van der Waals surface area contributed by atoms with Gasteiger partial charge in [0.05, 0.1) is 12.4 Å². The molecule has 19 heavy (non-hydrogen) atoms. The van der Waals surface area contributed by atoms with Crippen LogP contribution < -0.4 is 11.5 Å². The van der Waals surface area contributed by atoms with Crippen molar-refractivity contribution in [3.05, 3.63) is 11.9 Å². The van der Waals surface area contributed by atoms with Gasteiger partial charge in [0.2, 0.25) is 0 Å². The van der Waals surface area contributed by atoms with Gasteiger partial charge in [-0.05, 0) is 37.8 Å². The van der Waals surface area contributed by atoms with Crippen molar-refractivity contribution in [3.63, 3.8) is 0 Å². The maximum Gasteiger partial charge on any atom is 0.164 e. The highest BCUT2D eigenvalue weighted by Gasteiger charge is 2.17. The molecule has 0 bridgehead atoms. The molecule has 0 aromatic rings. The molecule has 114 valence electrons. The Balaban J connectivity index is 0.00000154. The largest absolute Gasteiger partial charge is 0.386 e. The van der Waals surface area contributed by atoms with E-state index >= 15 is 0 Å². The second kappa shape index (κ2) is 11.5. The van der Waals surface area contributed by atoms with Crippen LogP contribution in [0.15, 0.2) is 11.9 Å². The molecule has 1 aliphatic rings. The van der Waals surface area contributed by atoms with Crippen molar-refractivity contribution in [1.82, 2.24) is 4.90 Å². The third-order valence-electron chi connectivity index (χ3n) is 2.87. The molecule has 0 aliphatic carbocycles. The van der Waals surface area contributed by atoms with Gasteiger partial charge in [-0.25, -0.2) is 0 Å². The van der Waals surface area contributed by atoms with Crippen molar-refractivity contribution in [2.75, 3.05) is 32.9 Å². The monoisotopic (exact) mass is 291 g/mol. The Morgan fingerprint density at radius 3 is 2.74 bits per heavy atom. The summed E-state index contributed by atoms with van der Waals surface area (Å²) in [5, 5.41) is 0. The van der Waals surface area contributed by atoms with E-state index in [1.54, 1.807) is 6.66 Å². The van der Waals surface area contributed by atoms with Crippen molar-refractivity contribution < 1.29 is 9.42 Å². The molecule has 6 heteroatoms. The van der Waals surface area contributed by atoms with E-state index in [-0.39, 0.29) is 0 Å². The molecule has 1 fully saturated rings. The molecular weight excluding hydrogens is 261 g/mol. The van der Waals surface area contributed by atoms with E-state index in [9.17, 15) is 0 Å². The molecule has 0 aromatic heterocycles. The van der Waals surface area contributed by atoms with Crippen molar-refractivity contribution in [2.45, 2.75) is 33.1 Å². The fourth-order valence-corrected chi connectivity index (χ4v) is 2.58. The van der Waals surface area contributed by atoms with Gasteiger partial charge in [0, 0.05) is 19.8 Å². The highest BCUT2D eigenvalue weighted by molar-refractivity contribution is 7.45. The van der Waals surface area contributed by atoms with E-state index in [4.69, 9.17) is 20.9 Å². The Bertz CT molecular complexity index is 246. The van der Waals surface area contributed by atoms with Crippen LogP contribution in [0.1, 0.15) is 33.1 Å². The fourth-order valence-electron chi connectivity index (χ4n) is 2.19. The van der Waals surface area contributed by atoms with Gasteiger partial charge in [0.25, 0.3) is 0 Å². The first-order valence-electron chi connectivity index (χ1n) is 7.08. The smallest absolute Gasteiger partial charge is 0.164 e. The van der Waals surface area contributed by atoms with Crippen LogP contribution in [-0.4, -0.2) is 42.7 Å². The van der Waals surface area contributed by atoms with Gasteiger partial charge >= 0.3 is 0 Å². The molecule has 5 nitrogen and oxygen atoms in total. The van der Waals surface area contributed by atoms with Gasteiger partial charge in [-0.3, -0.25) is 0 Å². The molecule has 0 saturated carbocycles. The predicted molar refractivity (Wildman–Crippen MR) is 82.6 cm³/mol. The number of nitrogens with zero attached hydrogens (tertiary/aromatic N) is 1. The molecule has 5 N–H and O–H groups in total. The standard InChI is InChI=1S/C11H24N3O2P.C2H6/c1-17(15)16-7-3-6-14-5-2-4-10(9-14)8-11(12)13;1-2/h8,10,15H,2-7,9,12-13H2,1H3;1-2H3. The van der Waals surface area contributed by atoms with Crippen LogP contribution in [0.5, 0.6) is 0 Å². The van der Waals surface area contributed by atoms with Gasteiger partial charge in [-0.1, -0.05) is 13.8 Å². The average molecular weight is 291 g/mol. The van der Waals surface area contributed by atoms with Crippen LogP contribution >= 0.6 is 8.38 Å². The zero-order valence-electron chi connectivity index (χ0n) is 12.5. The first kappa shape index (κ1) is 18.7. The molecule has 0 amide bonds. The van der Waals surface area contributed by atoms with Crippen molar-refractivity contribution in [1.29, 1.82) is 0 Å². The zero-order valence-corrected chi connectivity index (χ0v) is 13.4. The summed E-state index contributed by atoms with van der Waals surface area (Å²) in [7, 11) is -1.21. The number of piperidine rings is 1. The number of hydrogen-bond acceptors (Lipinski definition) is 5. The summed E-state index contributed by atoms with van der Waals surface area (Å²) >= 11 is 0. The SMILES string of the molecule is CC.CP(O)OCCCN1CCCC(C=C(N)N)C1. The van der Waals surface area contributed by atoms with Gasteiger partial charge in [-0.15, -0.1) is 0 Å². The molecule has 1 rings (SSSR count). The Labute approximate surface area is 118 Å². The number of nitrogens with two attached hydrogens (primary N) is 2. The van der Waals surface area contributed by atoms with Gasteiger partial charge in [0.15, 0.2) is 8.38 Å². The topological polar surface area (TPSA) is 84.7 Å². The van der Waals surface area contributed by atoms with E-state index in [2.05, 4.69) is 4.90 Å². The molecule has 1 aliphatic heterocycles. The summed E-state index contributed by atoms with van der Waals surface area (Å²) in [6, 6.07) is 0. The fraction of sp³-hybridized carbons (Fsp3) is 0.846. The second-order valence-corrected chi connectivity index (χ2v) is 5.71. The summed E-state index contributed by atoms with van der Waals surface area (Å²) in [5.74, 6) is 0.910. The molecule has 0 spiro atoms. The first-order chi connectivity index (χ1) is 9.08. The first-order valence-corrected chi connectivity index (χ1v) is 8.74. The molecule has 2 atom stereocenters. The van der Waals surface area contributed by atoms with Crippen LogP contribution in [-0.2, 0) is 4.52 Å². The minimum atomic E-state index is -1.21. The predicted octanol–water partition coefficient (Wildman–Crippen LogP) is 1.82. The molecule has 1 saturated heterocycles. The number of likely N-dealkylation sites (tertiary alicyclic amines) is 1. The molecule has 1 heterocycles. The lowest BCUT2D eigenvalue weighted by molar-refractivity contribution is 0.180. The van der Waals surface area contributed by atoms with E-state index in [1.807, 2.05) is 19.9 Å². The van der Waals surface area contributed by atoms with E-state index < -0.39 is 8.38 Å². The highest BCUT2D eigenvalue weighted by Crippen LogP contribution is 2.25. The van der Waals surface area contributed by atoms with E-state index in [1.165, 1.54) is 12.8 Å². The van der Waals surface area contributed by atoms with Crippen molar-refractivity contribution in [3.8, 4) is 0 Å². The quantitative estimate of drug-likeness (QED) is 0.513. The Hall–Kier alpha value is -0.350. The summed E-state index contributed by atoms with van der Waals surface area (Å²) in [5.41, 5.74) is 11.0. The molecular formula is C13H30N3O2P.